The van der Waals surface area contributed by atoms with Crippen molar-refractivity contribution in [3.05, 3.63) is 94.7 Å². The zero-order valence-electron chi connectivity index (χ0n) is 20.1. The summed E-state index contributed by atoms with van der Waals surface area (Å²) in [4.78, 5) is 28.0. The molecule has 0 aliphatic carbocycles. The van der Waals surface area contributed by atoms with Gasteiger partial charge in [0.05, 0.1) is 5.56 Å². The number of hydrogen-bond donors (Lipinski definition) is 3. The highest BCUT2D eigenvalue weighted by Gasteiger charge is 2.30. The van der Waals surface area contributed by atoms with E-state index in [-0.39, 0.29) is 24.3 Å². The first-order valence-electron chi connectivity index (χ1n) is 11.5. The maximum Gasteiger partial charge on any atom is 0.416 e. The number of H-pyrrole nitrogens is 1. The minimum atomic E-state index is -4.44. The van der Waals surface area contributed by atoms with Crippen molar-refractivity contribution in [2.24, 2.45) is 0 Å². The first-order valence-corrected chi connectivity index (χ1v) is 11.5. The smallest absolute Gasteiger partial charge is 0.354 e. The van der Waals surface area contributed by atoms with Gasteiger partial charge >= 0.3 is 6.18 Å². The molecule has 8 heteroatoms. The van der Waals surface area contributed by atoms with Gasteiger partial charge in [-0.3, -0.25) is 9.59 Å². The molecular formula is C28H26F3N3O2. The van der Waals surface area contributed by atoms with Crippen molar-refractivity contribution in [2.45, 2.75) is 32.5 Å². The van der Waals surface area contributed by atoms with E-state index in [2.05, 4.69) is 35.5 Å². The molecule has 4 rings (SSSR count). The predicted octanol–water partition coefficient (Wildman–Crippen LogP) is 6.27. The minimum Gasteiger partial charge on any atom is -0.354 e. The van der Waals surface area contributed by atoms with Crippen molar-refractivity contribution >= 4 is 22.7 Å². The van der Waals surface area contributed by atoms with Gasteiger partial charge in [0.1, 0.15) is 5.69 Å². The fourth-order valence-corrected chi connectivity index (χ4v) is 4.03. The average Bonchev–Trinajstić information content (AvgIpc) is 3.30. The van der Waals surface area contributed by atoms with E-state index in [0.29, 0.717) is 16.8 Å². The molecule has 0 unspecified atom stereocenters. The molecule has 0 spiro atoms. The summed E-state index contributed by atoms with van der Waals surface area (Å²) < 4.78 is 38.8. The van der Waals surface area contributed by atoms with E-state index >= 15 is 0 Å². The fraction of sp³-hybridized carbons (Fsp3) is 0.214. The molecule has 1 aromatic heterocycles. The first-order chi connectivity index (χ1) is 17.1. The van der Waals surface area contributed by atoms with E-state index in [1.807, 2.05) is 24.3 Å². The van der Waals surface area contributed by atoms with Crippen LogP contribution in [-0.4, -0.2) is 23.8 Å². The number of aromatic nitrogens is 1. The lowest BCUT2D eigenvalue weighted by Crippen LogP contribution is -2.23. The summed E-state index contributed by atoms with van der Waals surface area (Å²) >= 11 is 0. The van der Waals surface area contributed by atoms with Crippen LogP contribution >= 0.6 is 0 Å². The molecule has 2 amide bonds. The lowest BCUT2D eigenvalue weighted by molar-refractivity contribution is -0.137. The highest BCUT2D eigenvalue weighted by molar-refractivity contribution is 6.03. The predicted molar refractivity (Wildman–Crippen MR) is 134 cm³/mol. The lowest BCUT2D eigenvalue weighted by atomic mass is 9.94. The van der Waals surface area contributed by atoms with Crippen LogP contribution in [0.5, 0.6) is 0 Å². The van der Waals surface area contributed by atoms with Gasteiger partial charge in [-0.25, -0.2) is 0 Å². The molecule has 0 saturated heterocycles. The number of halogens is 3. The zero-order chi connectivity index (χ0) is 26.0. The van der Waals surface area contributed by atoms with E-state index in [4.69, 9.17) is 0 Å². The Hall–Kier alpha value is -4.07. The van der Waals surface area contributed by atoms with Crippen molar-refractivity contribution in [2.75, 3.05) is 7.05 Å². The average molecular weight is 494 g/mol. The monoisotopic (exact) mass is 493 g/mol. The van der Waals surface area contributed by atoms with Crippen LogP contribution in [0.25, 0.3) is 22.0 Å². The summed E-state index contributed by atoms with van der Waals surface area (Å²) in [6, 6.07) is 17.8. The second kappa shape index (κ2) is 9.89. The zero-order valence-corrected chi connectivity index (χ0v) is 20.1. The number of benzene rings is 3. The van der Waals surface area contributed by atoms with Crippen LogP contribution in [0.4, 0.5) is 13.2 Å². The summed E-state index contributed by atoms with van der Waals surface area (Å²) in [6.07, 6.45) is -4.44. The van der Waals surface area contributed by atoms with E-state index < -0.39 is 11.7 Å². The van der Waals surface area contributed by atoms with Gasteiger partial charge in [0.25, 0.3) is 11.8 Å². The maximum atomic E-state index is 12.9. The molecule has 5 nitrogen and oxygen atoms in total. The van der Waals surface area contributed by atoms with Crippen molar-refractivity contribution in [1.29, 1.82) is 0 Å². The second-order valence-electron chi connectivity index (χ2n) is 8.90. The molecule has 186 valence electrons. The number of hydrogen-bond acceptors (Lipinski definition) is 2. The number of fused-ring (bicyclic) bond motifs is 1. The second-order valence-corrected chi connectivity index (χ2v) is 8.90. The van der Waals surface area contributed by atoms with Crippen LogP contribution < -0.4 is 10.6 Å². The maximum absolute atomic E-state index is 12.9. The third-order valence-electron chi connectivity index (χ3n) is 6.06. The number of aromatic amines is 1. The van der Waals surface area contributed by atoms with Crippen LogP contribution in [0, 0.1) is 0 Å². The number of amides is 2. The molecule has 1 heterocycles. The number of rotatable bonds is 6. The first kappa shape index (κ1) is 25.0. The van der Waals surface area contributed by atoms with Gasteiger partial charge < -0.3 is 15.6 Å². The van der Waals surface area contributed by atoms with Crippen molar-refractivity contribution < 1.29 is 22.8 Å². The van der Waals surface area contributed by atoms with Crippen molar-refractivity contribution in [3.8, 4) is 11.1 Å². The van der Waals surface area contributed by atoms with Gasteiger partial charge in [-0.1, -0.05) is 44.2 Å². The molecule has 36 heavy (non-hydrogen) atoms. The quantitative estimate of drug-likeness (QED) is 0.296. The van der Waals surface area contributed by atoms with Crippen LogP contribution in [0.1, 0.15) is 57.3 Å². The standard InChI is InChI=1S/C28H26F3N3O2/c1-16(2)20-12-22(23-14-25(27(36)32-3)34-24(23)13-20)18-7-9-19(10-8-18)26(35)33-15-17-5-4-6-21(11-17)28(29,30)31/h4-14,16,34H,15H2,1-3H3,(H,32,36)(H,33,35). The highest BCUT2D eigenvalue weighted by Crippen LogP contribution is 2.33. The van der Waals surface area contributed by atoms with E-state index in [1.54, 1.807) is 19.2 Å². The van der Waals surface area contributed by atoms with E-state index in [9.17, 15) is 22.8 Å². The van der Waals surface area contributed by atoms with Crippen molar-refractivity contribution in [3.63, 3.8) is 0 Å². The third kappa shape index (κ3) is 5.27. The summed E-state index contributed by atoms with van der Waals surface area (Å²) in [5, 5.41) is 6.18. The molecule has 3 N–H and O–H groups in total. The summed E-state index contributed by atoms with van der Waals surface area (Å²) in [7, 11) is 1.57. The Morgan fingerprint density at radius 1 is 0.944 bits per heavy atom. The molecular weight excluding hydrogens is 467 g/mol. The number of alkyl halides is 3. The Labute approximate surface area is 206 Å². The van der Waals surface area contributed by atoms with Crippen LogP contribution in [0.3, 0.4) is 0 Å². The number of carbonyl (C=O) groups is 2. The largest absolute Gasteiger partial charge is 0.416 e. The van der Waals surface area contributed by atoms with Gasteiger partial charge in [-0.2, -0.15) is 13.2 Å². The molecule has 0 aliphatic heterocycles. The normalized spacial score (nSPS) is 11.6. The van der Waals surface area contributed by atoms with E-state index in [0.717, 1.165) is 39.7 Å². The Bertz CT molecular complexity index is 1420. The third-order valence-corrected chi connectivity index (χ3v) is 6.06. The Morgan fingerprint density at radius 2 is 1.67 bits per heavy atom. The van der Waals surface area contributed by atoms with Crippen LogP contribution in [-0.2, 0) is 12.7 Å². The van der Waals surface area contributed by atoms with Gasteiger partial charge in [-0.05, 0) is 64.6 Å². The number of nitrogens with one attached hydrogen (secondary N) is 3. The van der Waals surface area contributed by atoms with Crippen LogP contribution in [0.2, 0.25) is 0 Å². The van der Waals surface area contributed by atoms with E-state index in [1.165, 1.54) is 12.1 Å². The molecule has 0 fully saturated rings. The van der Waals surface area contributed by atoms with Gasteiger partial charge in [-0.15, -0.1) is 0 Å². The number of carbonyl (C=O) groups excluding carboxylic acids is 2. The fourth-order valence-electron chi connectivity index (χ4n) is 4.03. The Kier molecular flexibility index (Phi) is 6.88. The molecule has 0 bridgehead atoms. The van der Waals surface area contributed by atoms with Gasteiger partial charge in [0.2, 0.25) is 0 Å². The molecule has 0 radical (unpaired) electrons. The van der Waals surface area contributed by atoms with Gasteiger partial charge in [0.15, 0.2) is 0 Å². The van der Waals surface area contributed by atoms with Crippen LogP contribution in [0.15, 0.2) is 66.7 Å². The summed E-state index contributed by atoms with van der Waals surface area (Å²) in [5.74, 6) is -0.333. The molecule has 3 aromatic carbocycles. The van der Waals surface area contributed by atoms with Crippen molar-refractivity contribution in [1.82, 2.24) is 15.6 Å². The molecule has 0 saturated carbocycles. The Balaban J connectivity index is 1.58. The van der Waals surface area contributed by atoms with Gasteiger partial charge in [0, 0.05) is 30.1 Å². The minimum absolute atomic E-state index is 0.0207. The summed E-state index contributed by atoms with van der Waals surface area (Å²) in [6.45, 7) is 4.16. The topological polar surface area (TPSA) is 74.0 Å². The SMILES string of the molecule is CNC(=O)c1cc2c(-c3ccc(C(=O)NCc4cccc(C(F)(F)F)c4)cc3)cc(C(C)C)cc2[nH]1. The lowest BCUT2D eigenvalue weighted by Gasteiger charge is -2.12. The summed E-state index contributed by atoms with van der Waals surface area (Å²) in [5.41, 5.74) is 4.21. The highest BCUT2D eigenvalue weighted by atomic mass is 19.4. The Morgan fingerprint density at radius 3 is 2.31 bits per heavy atom. The molecule has 0 aliphatic rings. The molecule has 0 atom stereocenters. The molecule has 4 aromatic rings.